The van der Waals surface area contributed by atoms with E-state index in [-0.39, 0.29) is 5.78 Å². The van der Waals surface area contributed by atoms with Crippen LogP contribution in [-0.4, -0.2) is 46.2 Å². The predicted molar refractivity (Wildman–Crippen MR) is 139 cm³/mol. The zero-order chi connectivity index (χ0) is 26.7. The van der Waals surface area contributed by atoms with Crippen LogP contribution in [0.5, 0.6) is 28.7 Å². The summed E-state index contributed by atoms with van der Waals surface area (Å²) < 4.78 is 27.4. The Kier molecular flexibility index (Phi) is 11.1. The molecule has 196 valence electrons. The Labute approximate surface area is 213 Å². The lowest BCUT2D eigenvalue weighted by Gasteiger charge is -2.18. The number of ether oxygens (including phenoxy) is 5. The summed E-state index contributed by atoms with van der Waals surface area (Å²) in [4.78, 5) is 25.2. The van der Waals surface area contributed by atoms with Crippen LogP contribution in [0.25, 0.3) is 6.08 Å². The molecule has 8 heteroatoms. The molecular formula is C28H37NO7. The van der Waals surface area contributed by atoms with E-state index in [4.69, 9.17) is 29.4 Å². The molecule has 2 rings (SSSR count). The molecule has 0 bridgehead atoms. The van der Waals surface area contributed by atoms with Crippen molar-refractivity contribution in [3.63, 3.8) is 0 Å². The highest BCUT2D eigenvalue weighted by atomic mass is 16.5. The molecule has 0 spiro atoms. The molecular weight excluding hydrogens is 462 g/mol. The second-order valence-electron chi connectivity index (χ2n) is 8.34. The first kappa shape index (κ1) is 28.6. The van der Waals surface area contributed by atoms with Crippen LogP contribution in [0.4, 0.5) is 0 Å². The van der Waals surface area contributed by atoms with E-state index in [0.717, 1.165) is 25.7 Å². The first-order chi connectivity index (χ1) is 17.3. The number of benzene rings is 2. The first-order valence-corrected chi connectivity index (χ1v) is 12.0. The van der Waals surface area contributed by atoms with Crippen LogP contribution in [0.15, 0.2) is 35.9 Å². The topological polar surface area (TPSA) is 106 Å². The Bertz CT molecular complexity index is 1050. The van der Waals surface area contributed by atoms with Crippen LogP contribution in [0.1, 0.15) is 61.9 Å². The van der Waals surface area contributed by atoms with Gasteiger partial charge in [0.05, 0.1) is 28.4 Å². The number of Topliss-reactive ketones (excluding diaryl/α,β-unsaturated/α-hetero) is 1. The fourth-order valence-electron chi connectivity index (χ4n) is 3.80. The number of hydrogen-bond donors (Lipinski definition) is 1. The van der Waals surface area contributed by atoms with Gasteiger partial charge in [-0.25, -0.2) is 0 Å². The van der Waals surface area contributed by atoms with Crippen molar-refractivity contribution < 1.29 is 33.3 Å². The normalized spacial score (nSPS) is 12.0. The van der Waals surface area contributed by atoms with Gasteiger partial charge in [-0.05, 0) is 61.2 Å². The first-order valence-electron chi connectivity index (χ1n) is 12.0. The quantitative estimate of drug-likeness (QED) is 0.204. The minimum atomic E-state index is -0.767. The molecule has 1 atom stereocenters. The number of primary amides is 1. The van der Waals surface area contributed by atoms with Crippen LogP contribution < -0.4 is 29.4 Å². The number of carbonyl (C=O) groups excluding carboxylic acids is 2. The number of allylic oxidation sites excluding steroid dienone is 1. The molecule has 2 aromatic rings. The highest BCUT2D eigenvalue weighted by Crippen LogP contribution is 2.39. The number of nitrogens with two attached hydrogens (primary N) is 1. The van der Waals surface area contributed by atoms with Gasteiger partial charge in [0.1, 0.15) is 0 Å². The molecule has 0 aromatic heterocycles. The van der Waals surface area contributed by atoms with Gasteiger partial charge < -0.3 is 29.4 Å². The highest BCUT2D eigenvalue weighted by Gasteiger charge is 2.20. The van der Waals surface area contributed by atoms with E-state index >= 15 is 0 Å². The monoisotopic (exact) mass is 499 g/mol. The van der Waals surface area contributed by atoms with E-state index in [1.165, 1.54) is 28.4 Å². The van der Waals surface area contributed by atoms with Crippen LogP contribution in [0.3, 0.4) is 0 Å². The number of methoxy groups -OCH3 is 4. The molecule has 0 saturated heterocycles. The average Bonchev–Trinajstić information content (AvgIpc) is 2.88. The minimum Gasteiger partial charge on any atom is -0.493 e. The van der Waals surface area contributed by atoms with E-state index in [1.807, 2.05) is 0 Å². The van der Waals surface area contributed by atoms with E-state index in [0.29, 0.717) is 51.9 Å². The molecule has 0 saturated carbocycles. The summed E-state index contributed by atoms with van der Waals surface area (Å²) in [7, 11) is 6.02. The van der Waals surface area contributed by atoms with Crippen molar-refractivity contribution in [2.24, 2.45) is 5.73 Å². The van der Waals surface area contributed by atoms with Crippen molar-refractivity contribution in [2.45, 2.75) is 52.1 Å². The molecule has 0 heterocycles. The molecule has 2 N–H and O–H groups in total. The molecule has 0 radical (unpaired) electrons. The second kappa shape index (κ2) is 14.0. The van der Waals surface area contributed by atoms with E-state index in [1.54, 1.807) is 43.3 Å². The maximum atomic E-state index is 13.2. The summed E-state index contributed by atoms with van der Waals surface area (Å²) in [6.07, 6.45) is 5.52. The van der Waals surface area contributed by atoms with Gasteiger partial charge in [0, 0.05) is 5.56 Å². The van der Waals surface area contributed by atoms with Crippen molar-refractivity contribution in [3.8, 4) is 28.7 Å². The number of amides is 1. The number of ketones is 1. The van der Waals surface area contributed by atoms with Gasteiger partial charge in [0.25, 0.3) is 5.91 Å². The molecule has 0 fully saturated rings. The van der Waals surface area contributed by atoms with Gasteiger partial charge in [0.2, 0.25) is 5.75 Å². The molecule has 8 nitrogen and oxygen atoms in total. The third-order valence-electron chi connectivity index (χ3n) is 5.76. The standard InChI is InChI=1S/C28H37NO7/c1-7-8-9-10-11-22(28(29)31)36-23-15-19(12-13-21(23)32-3)14-18(2)26(30)20-16-24(33-4)27(35-6)25(17-20)34-5/h12-17,22H,7-11H2,1-6H3,(H2,29,31)/b18-14+. The maximum Gasteiger partial charge on any atom is 0.258 e. The summed E-state index contributed by atoms with van der Waals surface area (Å²) in [5, 5.41) is 0. The SMILES string of the molecule is CCCCCCC(Oc1cc(/C=C(\C)C(=O)c2cc(OC)c(OC)c(OC)c2)ccc1OC)C(N)=O. The summed E-state index contributed by atoms with van der Waals surface area (Å²) >= 11 is 0. The van der Waals surface area contributed by atoms with Gasteiger partial charge in [-0.15, -0.1) is 0 Å². The average molecular weight is 500 g/mol. The lowest BCUT2D eigenvalue weighted by Crippen LogP contribution is -2.33. The Balaban J connectivity index is 2.33. The van der Waals surface area contributed by atoms with Gasteiger partial charge in [0.15, 0.2) is 34.9 Å². The minimum absolute atomic E-state index is 0.210. The zero-order valence-electron chi connectivity index (χ0n) is 22.0. The fourth-order valence-corrected chi connectivity index (χ4v) is 3.80. The van der Waals surface area contributed by atoms with Crippen molar-refractivity contribution in [3.05, 3.63) is 47.0 Å². The molecule has 36 heavy (non-hydrogen) atoms. The fraction of sp³-hybridized carbons (Fsp3) is 0.429. The number of carbonyl (C=O) groups is 2. The molecule has 2 aromatic carbocycles. The number of rotatable bonds is 15. The van der Waals surface area contributed by atoms with Crippen molar-refractivity contribution in [2.75, 3.05) is 28.4 Å². The summed E-state index contributed by atoms with van der Waals surface area (Å²) in [6, 6.07) is 8.48. The van der Waals surface area contributed by atoms with Crippen molar-refractivity contribution in [1.82, 2.24) is 0 Å². The third kappa shape index (κ3) is 7.41. The molecule has 0 aliphatic carbocycles. The van der Waals surface area contributed by atoms with Crippen molar-refractivity contribution >= 4 is 17.8 Å². The van der Waals surface area contributed by atoms with Gasteiger partial charge in [-0.1, -0.05) is 32.3 Å². The summed E-state index contributed by atoms with van der Waals surface area (Å²) in [5.41, 5.74) is 7.17. The molecule has 0 aliphatic heterocycles. The highest BCUT2D eigenvalue weighted by molar-refractivity contribution is 6.11. The maximum absolute atomic E-state index is 13.2. The van der Waals surface area contributed by atoms with E-state index in [2.05, 4.69) is 6.92 Å². The summed E-state index contributed by atoms with van der Waals surface area (Å²) in [6.45, 7) is 3.84. The van der Waals surface area contributed by atoms with Gasteiger partial charge in [-0.3, -0.25) is 9.59 Å². The third-order valence-corrected chi connectivity index (χ3v) is 5.76. The van der Waals surface area contributed by atoms with Crippen LogP contribution in [0, 0.1) is 0 Å². The smallest absolute Gasteiger partial charge is 0.258 e. The lowest BCUT2D eigenvalue weighted by atomic mass is 10.0. The van der Waals surface area contributed by atoms with Gasteiger partial charge >= 0.3 is 0 Å². The number of hydrogen-bond acceptors (Lipinski definition) is 7. The van der Waals surface area contributed by atoms with E-state index in [9.17, 15) is 9.59 Å². The number of unbranched alkanes of at least 4 members (excludes halogenated alkanes) is 3. The largest absolute Gasteiger partial charge is 0.493 e. The lowest BCUT2D eigenvalue weighted by molar-refractivity contribution is -0.125. The van der Waals surface area contributed by atoms with Crippen LogP contribution >= 0.6 is 0 Å². The molecule has 1 amide bonds. The second-order valence-corrected chi connectivity index (χ2v) is 8.34. The predicted octanol–water partition coefficient (Wildman–Crippen LogP) is 5.21. The zero-order valence-corrected chi connectivity index (χ0v) is 22.0. The Morgan fingerprint density at radius 2 is 1.50 bits per heavy atom. The summed E-state index contributed by atoms with van der Waals surface area (Å²) in [5.74, 6) is 1.32. The van der Waals surface area contributed by atoms with E-state index < -0.39 is 12.0 Å². The van der Waals surface area contributed by atoms with Crippen LogP contribution in [0.2, 0.25) is 0 Å². The Hall–Kier alpha value is -3.68. The van der Waals surface area contributed by atoms with Gasteiger partial charge in [-0.2, -0.15) is 0 Å². The Morgan fingerprint density at radius 1 is 0.861 bits per heavy atom. The molecule has 0 aliphatic rings. The van der Waals surface area contributed by atoms with Crippen LogP contribution in [-0.2, 0) is 4.79 Å². The van der Waals surface area contributed by atoms with Crippen molar-refractivity contribution in [1.29, 1.82) is 0 Å². The molecule has 1 unspecified atom stereocenters. The Morgan fingerprint density at radius 3 is 2.03 bits per heavy atom.